The summed E-state index contributed by atoms with van der Waals surface area (Å²) in [6.45, 7) is 0. The van der Waals surface area contributed by atoms with Crippen molar-refractivity contribution in [3.05, 3.63) is 102 Å². The van der Waals surface area contributed by atoms with Gasteiger partial charge in [0.25, 0.3) is 0 Å². The Morgan fingerprint density at radius 1 is 1.00 bits per heavy atom. The quantitative estimate of drug-likeness (QED) is 0.458. The lowest BCUT2D eigenvalue weighted by Crippen LogP contribution is -2.29. The number of carbonyl (C=O) groups excluding carboxylic acids is 1. The second-order valence-corrected chi connectivity index (χ2v) is 7.34. The Balaban J connectivity index is 1.64. The van der Waals surface area contributed by atoms with E-state index in [0.717, 1.165) is 22.3 Å². The number of aryl methyl sites for hydroxylation is 1. The van der Waals surface area contributed by atoms with Crippen LogP contribution in [0, 0.1) is 0 Å². The summed E-state index contributed by atoms with van der Waals surface area (Å²) in [7, 11) is 1.61. The molecule has 1 unspecified atom stereocenters. The van der Waals surface area contributed by atoms with Crippen molar-refractivity contribution in [3.63, 3.8) is 0 Å². The molecule has 4 aromatic rings. The van der Waals surface area contributed by atoms with Gasteiger partial charge in [-0.25, -0.2) is 0 Å². The molecule has 0 aliphatic heterocycles. The fraction of sp³-hybridized carbons (Fsp3) is 0.154. The Kier molecular flexibility index (Phi) is 6.13. The van der Waals surface area contributed by atoms with Crippen LogP contribution in [0.25, 0.3) is 10.9 Å². The molecule has 0 aliphatic rings. The molecule has 1 aromatic heterocycles. The number of nitrogens with one attached hydrogen (secondary N) is 1. The molecule has 1 atom stereocenters. The maximum Gasteiger partial charge on any atom is 0.221 e. The molecule has 0 radical (unpaired) electrons. The zero-order valence-electron chi connectivity index (χ0n) is 17.3. The summed E-state index contributed by atoms with van der Waals surface area (Å²) >= 11 is 0. The molecule has 0 saturated heterocycles. The largest absolute Gasteiger partial charge is 0.505 e. The molecular weight excluding hydrogens is 388 g/mol. The number of methoxy groups -OCH3 is 1. The van der Waals surface area contributed by atoms with Gasteiger partial charge in [-0.1, -0.05) is 60.7 Å². The van der Waals surface area contributed by atoms with Crippen molar-refractivity contribution in [2.24, 2.45) is 0 Å². The number of nitrogens with zero attached hydrogens (tertiary/aromatic N) is 1. The van der Waals surface area contributed by atoms with Crippen LogP contribution < -0.4 is 10.1 Å². The number of carbonyl (C=O) groups is 1. The number of ether oxygens (including phenoxy) is 1. The van der Waals surface area contributed by atoms with E-state index >= 15 is 0 Å². The second-order valence-electron chi connectivity index (χ2n) is 7.34. The Bertz CT molecular complexity index is 1170. The molecule has 0 bridgehead atoms. The van der Waals surface area contributed by atoms with E-state index in [1.807, 2.05) is 78.9 Å². The highest BCUT2D eigenvalue weighted by atomic mass is 16.5. The van der Waals surface area contributed by atoms with Crippen LogP contribution in [0.4, 0.5) is 0 Å². The first-order valence-electron chi connectivity index (χ1n) is 10.2. The van der Waals surface area contributed by atoms with Gasteiger partial charge in [-0.2, -0.15) is 0 Å². The Morgan fingerprint density at radius 3 is 2.52 bits per heavy atom. The third-order valence-electron chi connectivity index (χ3n) is 5.33. The predicted octanol–water partition coefficient (Wildman–Crippen LogP) is 4.79. The molecule has 0 saturated carbocycles. The summed E-state index contributed by atoms with van der Waals surface area (Å²) in [5, 5.41) is 14.9. The van der Waals surface area contributed by atoms with Crippen molar-refractivity contribution in [2.75, 3.05) is 7.11 Å². The molecule has 0 fully saturated rings. The number of pyridine rings is 1. The summed E-state index contributed by atoms with van der Waals surface area (Å²) in [5.41, 5.74) is 3.07. The molecule has 156 valence electrons. The van der Waals surface area contributed by atoms with Crippen LogP contribution in [-0.2, 0) is 11.2 Å². The minimum Gasteiger partial charge on any atom is -0.505 e. The first kappa shape index (κ1) is 20.4. The van der Waals surface area contributed by atoms with Crippen LogP contribution in [0.2, 0.25) is 0 Å². The number of rotatable bonds is 7. The van der Waals surface area contributed by atoms with Gasteiger partial charge in [0, 0.05) is 23.6 Å². The highest BCUT2D eigenvalue weighted by molar-refractivity contribution is 5.86. The van der Waals surface area contributed by atoms with Crippen molar-refractivity contribution >= 4 is 16.8 Å². The van der Waals surface area contributed by atoms with Crippen LogP contribution in [0.3, 0.4) is 0 Å². The van der Waals surface area contributed by atoms with Crippen LogP contribution in [0.15, 0.2) is 85.1 Å². The molecule has 31 heavy (non-hydrogen) atoms. The van der Waals surface area contributed by atoms with Crippen LogP contribution in [0.1, 0.15) is 29.2 Å². The standard InChI is InChI=1S/C26H24N2O3/c1-31-21-13-10-20(11-14-21)24(28-23(29)16-9-18-6-3-2-4-7-18)22-15-12-19-8-5-17-27-25(19)26(22)30/h2-8,10-15,17,24,30H,9,16H2,1H3,(H,28,29). The maximum atomic E-state index is 12.8. The number of hydrogen-bond donors (Lipinski definition) is 2. The van der Waals surface area contributed by atoms with E-state index in [2.05, 4.69) is 10.3 Å². The number of fused-ring (bicyclic) bond motifs is 1. The van der Waals surface area contributed by atoms with Crippen molar-refractivity contribution in [1.82, 2.24) is 10.3 Å². The molecule has 4 rings (SSSR count). The van der Waals surface area contributed by atoms with Crippen LogP contribution in [0.5, 0.6) is 11.5 Å². The van der Waals surface area contributed by atoms with Gasteiger partial charge in [0.1, 0.15) is 17.0 Å². The molecule has 2 N–H and O–H groups in total. The highest BCUT2D eigenvalue weighted by Gasteiger charge is 2.22. The average Bonchev–Trinajstić information content (AvgIpc) is 2.83. The number of amides is 1. The second kappa shape index (κ2) is 9.30. The van der Waals surface area contributed by atoms with Crippen molar-refractivity contribution in [2.45, 2.75) is 18.9 Å². The highest BCUT2D eigenvalue weighted by Crippen LogP contribution is 2.35. The third-order valence-corrected chi connectivity index (χ3v) is 5.33. The predicted molar refractivity (Wildman–Crippen MR) is 121 cm³/mol. The Morgan fingerprint density at radius 2 is 1.77 bits per heavy atom. The molecule has 1 heterocycles. The molecule has 1 amide bonds. The third kappa shape index (κ3) is 4.67. The van der Waals surface area contributed by atoms with Gasteiger partial charge in [-0.15, -0.1) is 0 Å². The maximum absolute atomic E-state index is 12.8. The minimum atomic E-state index is -0.513. The summed E-state index contributed by atoms with van der Waals surface area (Å²) in [4.78, 5) is 17.2. The molecule has 0 aliphatic carbocycles. The van der Waals surface area contributed by atoms with E-state index in [1.165, 1.54) is 0 Å². The van der Waals surface area contributed by atoms with E-state index in [-0.39, 0.29) is 11.7 Å². The minimum absolute atomic E-state index is 0.0716. The van der Waals surface area contributed by atoms with Gasteiger partial charge in [0.2, 0.25) is 5.91 Å². The topological polar surface area (TPSA) is 71.5 Å². The van der Waals surface area contributed by atoms with E-state index < -0.39 is 6.04 Å². The van der Waals surface area contributed by atoms with Gasteiger partial charge in [0.05, 0.1) is 13.2 Å². The van der Waals surface area contributed by atoms with Gasteiger partial charge in [-0.3, -0.25) is 9.78 Å². The smallest absolute Gasteiger partial charge is 0.221 e. The average molecular weight is 412 g/mol. The molecule has 5 nitrogen and oxygen atoms in total. The SMILES string of the molecule is COc1ccc(C(NC(=O)CCc2ccccc2)c2ccc3cccnc3c2O)cc1. The first-order valence-corrected chi connectivity index (χ1v) is 10.2. The van der Waals surface area contributed by atoms with Gasteiger partial charge in [0.15, 0.2) is 0 Å². The molecular formula is C26H24N2O3. The number of phenolic OH excluding ortho intramolecular Hbond substituents is 1. The first-order chi connectivity index (χ1) is 15.2. The zero-order chi connectivity index (χ0) is 21.6. The number of benzene rings is 3. The van der Waals surface area contributed by atoms with Crippen molar-refractivity contribution in [1.29, 1.82) is 0 Å². The Hall–Kier alpha value is -3.86. The summed E-state index contributed by atoms with van der Waals surface area (Å²) in [5.74, 6) is 0.703. The number of aromatic nitrogens is 1. The van der Waals surface area contributed by atoms with Crippen LogP contribution >= 0.6 is 0 Å². The summed E-state index contributed by atoms with van der Waals surface area (Å²) < 4.78 is 5.26. The monoisotopic (exact) mass is 412 g/mol. The molecule has 5 heteroatoms. The summed E-state index contributed by atoms with van der Waals surface area (Å²) in [6.07, 6.45) is 2.64. The summed E-state index contributed by atoms with van der Waals surface area (Å²) in [6, 6.07) is 24.3. The van der Waals surface area contributed by atoms with E-state index in [0.29, 0.717) is 23.9 Å². The lowest BCUT2D eigenvalue weighted by atomic mass is 9.95. The zero-order valence-corrected chi connectivity index (χ0v) is 17.3. The molecule has 3 aromatic carbocycles. The number of aromatic hydroxyl groups is 1. The fourth-order valence-electron chi connectivity index (χ4n) is 3.65. The number of phenols is 1. The van der Waals surface area contributed by atoms with Gasteiger partial charge >= 0.3 is 0 Å². The van der Waals surface area contributed by atoms with Crippen LogP contribution in [-0.4, -0.2) is 23.1 Å². The Labute approximate surface area is 181 Å². The van der Waals surface area contributed by atoms with Crippen molar-refractivity contribution in [3.8, 4) is 11.5 Å². The molecule has 0 spiro atoms. The lowest BCUT2D eigenvalue weighted by molar-refractivity contribution is -0.121. The van der Waals surface area contributed by atoms with E-state index in [9.17, 15) is 9.90 Å². The fourth-order valence-corrected chi connectivity index (χ4v) is 3.65. The normalized spacial score (nSPS) is 11.8. The van der Waals surface area contributed by atoms with Gasteiger partial charge < -0.3 is 15.2 Å². The van der Waals surface area contributed by atoms with E-state index in [4.69, 9.17) is 4.74 Å². The number of hydrogen-bond acceptors (Lipinski definition) is 4. The van der Waals surface area contributed by atoms with Gasteiger partial charge in [-0.05, 0) is 35.7 Å². The van der Waals surface area contributed by atoms with Crippen molar-refractivity contribution < 1.29 is 14.6 Å². The van der Waals surface area contributed by atoms with E-state index in [1.54, 1.807) is 13.3 Å². The lowest BCUT2D eigenvalue weighted by Gasteiger charge is -2.22.